The zero-order valence-electron chi connectivity index (χ0n) is 20.3. The first-order valence-electron chi connectivity index (χ1n) is 11.7. The summed E-state index contributed by atoms with van der Waals surface area (Å²) in [7, 11) is 1.57. The van der Waals surface area contributed by atoms with Gasteiger partial charge in [-0.1, -0.05) is 34.1 Å². The van der Waals surface area contributed by atoms with Gasteiger partial charge in [-0.2, -0.15) is 4.98 Å². The maximum atomic E-state index is 13.8. The topological polar surface area (TPSA) is 96.9 Å². The van der Waals surface area contributed by atoms with E-state index in [0.717, 1.165) is 32.4 Å². The van der Waals surface area contributed by atoms with Crippen molar-refractivity contribution < 1.29 is 19.1 Å². The maximum Gasteiger partial charge on any atom is 0.330 e. The average molecular weight is 552 g/mol. The Morgan fingerprint density at radius 1 is 1.11 bits per heavy atom. The van der Waals surface area contributed by atoms with Gasteiger partial charge in [0.25, 0.3) is 0 Å². The van der Waals surface area contributed by atoms with Crippen molar-refractivity contribution in [2.75, 3.05) is 28.8 Å². The molecule has 0 atom stereocenters. The number of hydrogen-bond acceptors (Lipinski definition) is 7. The van der Waals surface area contributed by atoms with Crippen molar-refractivity contribution in [1.82, 2.24) is 9.97 Å². The molecule has 0 radical (unpaired) electrons. The lowest BCUT2D eigenvalue weighted by molar-refractivity contribution is -0.145. The van der Waals surface area contributed by atoms with Crippen LogP contribution in [-0.2, 0) is 22.7 Å². The molecule has 0 saturated carbocycles. The normalized spacial score (nSPS) is 15.7. The number of anilines is 4. The van der Waals surface area contributed by atoms with Crippen LogP contribution in [0.25, 0.3) is 0 Å². The number of methoxy groups -OCH3 is 1. The summed E-state index contributed by atoms with van der Waals surface area (Å²) in [6.45, 7) is 4.76. The molecule has 3 heterocycles. The molecular weight excluding hydrogens is 526 g/mol. The number of carbonyl (C=O) groups is 2. The Hall–Kier alpha value is -3.66. The smallest absolute Gasteiger partial charge is 0.330 e. The third-order valence-corrected chi connectivity index (χ3v) is 7.10. The van der Waals surface area contributed by atoms with E-state index in [4.69, 9.17) is 14.5 Å². The predicted octanol–water partition coefficient (Wildman–Crippen LogP) is 5.39. The van der Waals surface area contributed by atoms with Crippen LogP contribution in [0.3, 0.4) is 0 Å². The first kappa shape index (κ1) is 24.1. The van der Waals surface area contributed by atoms with Crippen molar-refractivity contribution >= 4 is 51.1 Å². The van der Waals surface area contributed by atoms with Crippen molar-refractivity contribution in [2.24, 2.45) is 0 Å². The summed E-state index contributed by atoms with van der Waals surface area (Å²) in [5.41, 5.74) is 5.11. The van der Waals surface area contributed by atoms with E-state index in [1.165, 1.54) is 0 Å². The number of hydrogen-bond donors (Lipinski definition) is 1. The summed E-state index contributed by atoms with van der Waals surface area (Å²) in [5, 5.41) is 3.21. The second-order valence-corrected chi connectivity index (χ2v) is 9.69. The lowest BCUT2D eigenvalue weighted by Crippen LogP contribution is -2.49. The number of aryl methyl sites for hydroxylation is 2. The number of esters is 1. The number of fused-ring (bicyclic) bond motifs is 3. The molecule has 186 valence electrons. The lowest BCUT2D eigenvalue weighted by Gasteiger charge is -2.37. The Bertz CT molecular complexity index is 1340. The van der Waals surface area contributed by atoms with E-state index in [0.29, 0.717) is 42.7 Å². The van der Waals surface area contributed by atoms with E-state index < -0.39 is 0 Å². The van der Waals surface area contributed by atoms with Crippen LogP contribution in [0.5, 0.6) is 5.75 Å². The number of rotatable bonds is 2. The molecule has 2 aliphatic heterocycles. The fourth-order valence-corrected chi connectivity index (χ4v) is 5.03. The zero-order chi connectivity index (χ0) is 25.4. The quantitative estimate of drug-likeness (QED) is 0.426. The Balaban J connectivity index is 1.59. The number of aromatic nitrogens is 2. The van der Waals surface area contributed by atoms with Crippen LogP contribution < -0.4 is 19.9 Å². The van der Waals surface area contributed by atoms with Crippen molar-refractivity contribution in [3.05, 3.63) is 63.3 Å². The molecule has 2 aromatic carbocycles. The van der Waals surface area contributed by atoms with Gasteiger partial charge in [-0.3, -0.25) is 14.6 Å². The molecule has 0 spiro atoms. The van der Waals surface area contributed by atoms with Gasteiger partial charge >= 0.3 is 12.0 Å². The van der Waals surface area contributed by atoms with Crippen LogP contribution >= 0.6 is 15.9 Å². The number of halogens is 1. The minimum atomic E-state index is -0.330. The minimum absolute atomic E-state index is 0.103. The summed E-state index contributed by atoms with van der Waals surface area (Å²) >= 11 is 3.52. The molecular formula is C26H26BrN5O4. The monoisotopic (exact) mass is 551 g/mol. The number of benzene rings is 2. The second kappa shape index (κ2) is 9.77. The summed E-state index contributed by atoms with van der Waals surface area (Å²) in [6, 6.07) is 9.41. The Morgan fingerprint density at radius 3 is 2.64 bits per heavy atom. The molecule has 0 fully saturated rings. The van der Waals surface area contributed by atoms with Crippen LogP contribution in [0.4, 0.5) is 27.9 Å². The van der Waals surface area contributed by atoms with Crippen LogP contribution in [0.1, 0.15) is 35.1 Å². The van der Waals surface area contributed by atoms with Crippen LogP contribution in [0, 0.1) is 13.8 Å². The molecule has 0 aliphatic carbocycles. The molecule has 3 aromatic rings. The number of nitrogens with one attached hydrogen (secondary N) is 1. The first-order chi connectivity index (χ1) is 17.4. The number of nitrogens with zero attached hydrogens (tertiary/aromatic N) is 4. The number of amides is 2. The average Bonchev–Trinajstić information content (AvgIpc) is 2.85. The summed E-state index contributed by atoms with van der Waals surface area (Å²) < 4.78 is 11.8. The number of carbonyl (C=O) groups excluding carboxylic acids is 2. The Kier molecular flexibility index (Phi) is 6.53. The highest BCUT2D eigenvalue weighted by Gasteiger charge is 2.34. The summed E-state index contributed by atoms with van der Waals surface area (Å²) in [5.74, 6) is 1.11. The standard InChI is InChI=1S/C26H26BrN5O4/c1-15-6-4-7-16(2)23(15)32-13-18-12-28-25-29-20-10-17(19(27)11-21(20)35-3)14-36-22(33)8-5-9-31(26(32)34)24(18)30-25/h4,6-7,10-12H,5,8-9,13-14H2,1-3H3,(H,28,29,30). The fourth-order valence-electron chi connectivity index (χ4n) is 4.59. The summed E-state index contributed by atoms with van der Waals surface area (Å²) in [4.78, 5) is 38.9. The van der Waals surface area contributed by atoms with E-state index in [2.05, 4.69) is 26.2 Å². The molecule has 10 heteroatoms. The van der Waals surface area contributed by atoms with E-state index in [1.54, 1.807) is 29.2 Å². The van der Waals surface area contributed by atoms with Gasteiger partial charge in [0.15, 0.2) is 0 Å². The van der Waals surface area contributed by atoms with Gasteiger partial charge in [0, 0.05) is 34.8 Å². The molecule has 5 rings (SSSR count). The summed E-state index contributed by atoms with van der Waals surface area (Å²) in [6.07, 6.45) is 2.36. The van der Waals surface area contributed by atoms with Crippen molar-refractivity contribution in [1.29, 1.82) is 0 Å². The SMILES string of the molecule is COc1cc(Br)c2cc1Nc1ncc3c(n1)N(CCCC(=O)OC2)C(=O)N(c1c(C)cccc1C)C3. The Labute approximate surface area is 217 Å². The molecule has 0 saturated heterocycles. The fraction of sp³-hybridized carbons (Fsp3) is 0.308. The molecule has 1 aromatic heterocycles. The number of ether oxygens (including phenoxy) is 2. The highest BCUT2D eigenvalue weighted by Crippen LogP contribution is 2.37. The van der Waals surface area contributed by atoms with E-state index in [9.17, 15) is 9.59 Å². The van der Waals surface area contributed by atoms with Gasteiger partial charge in [-0.15, -0.1) is 0 Å². The van der Waals surface area contributed by atoms with Crippen LogP contribution in [0.2, 0.25) is 0 Å². The third-order valence-electron chi connectivity index (χ3n) is 6.36. The predicted molar refractivity (Wildman–Crippen MR) is 140 cm³/mol. The van der Waals surface area contributed by atoms with Gasteiger partial charge in [0.2, 0.25) is 5.95 Å². The van der Waals surface area contributed by atoms with Crippen LogP contribution in [0.15, 0.2) is 41.0 Å². The minimum Gasteiger partial charge on any atom is -0.495 e. The first-order valence-corrected chi connectivity index (χ1v) is 12.4. The van der Waals surface area contributed by atoms with E-state index >= 15 is 0 Å². The highest BCUT2D eigenvalue weighted by atomic mass is 79.9. The van der Waals surface area contributed by atoms with Crippen molar-refractivity contribution in [3.8, 4) is 5.75 Å². The molecule has 2 amide bonds. The van der Waals surface area contributed by atoms with Gasteiger partial charge in [0.05, 0.1) is 25.0 Å². The molecule has 0 unspecified atom stereocenters. The van der Waals surface area contributed by atoms with Crippen LogP contribution in [-0.4, -0.2) is 35.6 Å². The second-order valence-electron chi connectivity index (χ2n) is 8.84. The number of para-hydroxylation sites is 1. The largest absolute Gasteiger partial charge is 0.495 e. The number of urea groups is 1. The van der Waals surface area contributed by atoms with Gasteiger partial charge < -0.3 is 14.8 Å². The number of cyclic esters (lactones) is 1. The van der Waals surface area contributed by atoms with Gasteiger partial charge in [-0.25, -0.2) is 9.78 Å². The van der Waals surface area contributed by atoms with Gasteiger partial charge in [-0.05, 0) is 43.5 Å². The lowest BCUT2D eigenvalue weighted by atomic mass is 10.1. The molecule has 9 nitrogen and oxygen atoms in total. The Morgan fingerprint density at radius 2 is 1.89 bits per heavy atom. The van der Waals surface area contributed by atoms with E-state index in [-0.39, 0.29) is 25.0 Å². The van der Waals surface area contributed by atoms with Gasteiger partial charge in [0.1, 0.15) is 18.2 Å². The molecule has 1 N–H and O–H groups in total. The third kappa shape index (κ3) is 4.48. The van der Waals surface area contributed by atoms with Crippen molar-refractivity contribution in [2.45, 2.75) is 39.8 Å². The maximum absolute atomic E-state index is 13.8. The molecule has 2 aliphatic rings. The highest BCUT2D eigenvalue weighted by molar-refractivity contribution is 9.10. The van der Waals surface area contributed by atoms with Crippen molar-refractivity contribution in [3.63, 3.8) is 0 Å². The molecule has 36 heavy (non-hydrogen) atoms. The molecule has 4 bridgehead atoms. The van der Waals surface area contributed by atoms with E-state index in [1.807, 2.05) is 38.1 Å². The zero-order valence-corrected chi connectivity index (χ0v) is 21.9.